The van der Waals surface area contributed by atoms with Crippen molar-refractivity contribution in [3.63, 3.8) is 0 Å². The number of rotatable bonds is 3. The number of hydrogen-bond acceptors (Lipinski definition) is 2. The Morgan fingerprint density at radius 2 is 1.86 bits per heavy atom. The standard InChI is InChI=1S/C18H19BrN2O/c1-10(2)12-5-7-13(8-6-12)18-20-16-14(22-4)9-11(3)15(19)17(16)21-18/h5-10H,1-4H3,(H,20,21). The van der Waals surface area contributed by atoms with Crippen molar-refractivity contribution in [2.75, 3.05) is 7.11 Å². The van der Waals surface area contributed by atoms with Crippen LogP contribution in [0.1, 0.15) is 30.9 Å². The number of imidazole rings is 1. The maximum Gasteiger partial charge on any atom is 0.144 e. The summed E-state index contributed by atoms with van der Waals surface area (Å²) in [5, 5.41) is 0. The maximum absolute atomic E-state index is 5.47. The van der Waals surface area contributed by atoms with E-state index in [2.05, 4.69) is 59.0 Å². The summed E-state index contributed by atoms with van der Waals surface area (Å²) < 4.78 is 6.48. The van der Waals surface area contributed by atoms with Crippen LogP contribution in [0.2, 0.25) is 0 Å². The number of aryl methyl sites for hydroxylation is 1. The van der Waals surface area contributed by atoms with Crippen LogP contribution in [-0.4, -0.2) is 17.1 Å². The van der Waals surface area contributed by atoms with Crippen LogP contribution in [-0.2, 0) is 0 Å². The van der Waals surface area contributed by atoms with Gasteiger partial charge in [0.1, 0.15) is 22.6 Å². The Morgan fingerprint density at radius 1 is 1.18 bits per heavy atom. The molecule has 1 N–H and O–H groups in total. The first kappa shape index (κ1) is 15.1. The SMILES string of the molecule is COc1cc(C)c(Br)c2nc(-c3ccc(C(C)C)cc3)[nH]c12. The van der Waals surface area contributed by atoms with E-state index >= 15 is 0 Å². The highest BCUT2D eigenvalue weighted by molar-refractivity contribution is 9.10. The molecule has 0 saturated heterocycles. The molecule has 1 aromatic heterocycles. The van der Waals surface area contributed by atoms with Gasteiger partial charge in [-0.1, -0.05) is 38.1 Å². The van der Waals surface area contributed by atoms with Crippen molar-refractivity contribution in [1.29, 1.82) is 0 Å². The Bertz CT molecular complexity index is 819. The average Bonchev–Trinajstić information content (AvgIpc) is 2.96. The van der Waals surface area contributed by atoms with Gasteiger partial charge in [-0.3, -0.25) is 0 Å². The third-order valence-corrected chi connectivity index (χ3v) is 4.92. The highest BCUT2D eigenvalue weighted by atomic mass is 79.9. The van der Waals surface area contributed by atoms with Gasteiger partial charge in [0, 0.05) is 10.0 Å². The summed E-state index contributed by atoms with van der Waals surface area (Å²) in [6.45, 7) is 6.43. The van der Waals surface area contributed by atoms with Gasteiger partial charge in [-0.2, -0.15) is 0 Å². The van der Waals surface area contributed by atoms with Crippen molar-refractivity contribution in [1.82, 2.24) is 9.97 Å². The Labute approximate surface area is 138 Å². The van der Waals surface area contributed by atoms with E-state index in [0.717, 1.165) is 38.2 Å². The molecule has 0 aliphatic carbocycles. The Balaban J connectivity index is 2.14. The summed E-state index contributed by atoms with van der Waals surface area (Å²) in [5.74, 6) is 2.20. The van der Waals surface area contributed by atoms with Gasteiger partial charge in [-0.25, -0.2) is 4.98 Å². The number of nitrogens with one attached hydrogen (secondary N) is 1. The first-order valence-electron chi connectivity index (χ1n) is 7.34. The third-order valence-electron chi connectivity index (χ3n) is 3.92. The van der Waals surface area contributed by atoms with Crippen LogP contribution in [0.3, 0.4) is 0 Å². The molecule has 0 spiro atoms. The molecule has 3 rings (SSSR count). The van der Waals surface area contributed by atoms with Gasteiger partial charge in [0.15, 0.2) is 0 Å². The van der Waals surface area contributed by atoms with E-state index in [1.165, 1.54) is 5.56 Å². The van der Waals surface area contributed by atoms with Crippen molar-refractivity contribution in [3.05, 3.63) is 45.9 Å². The van der Waals surface area contributed by atoms with E-state index in [0.29, 0.717) is 5.92 Å². The van der Waals surface area contributed by atoms with Crippen LogP contribution in [0.5, 0.6) is 5.75 Å². The first-order chi connectivity index (χ1) is 10.5. The van der Waals surface area contributed by atoms with Crippen LogP contribution < -0.4 is 4.74 Å². The molecule has 0 aliphatic heterocycles. The molecule has 0 atom stereocenters. The fourth-order valence-electron chi connectivity index (χ4n) is 2.55. The second-order valence-electron chi connectivity index (χ2n) is 5.80. The molecular formula is C18H19BrN2O. The molecule has 3 nitrogen and oxygen atoms in total. The summed E-state index contributed by atoms with van der Waals surface area (Å²) in [7, 11) is 1.68. The summed E-state index contributed by atoms with van der Waals surface area (Å²) in [6.07, 6.45) is 0. The normalized spacial score (nSPS) is 11.4. The van der Waals surface area contributed by atoms with Gasteiger partial charge < -0.3 is 9.72 Å². The largest absolute Gasteiger partial charge is 0.494 e. The first-order valence-corrected chi connectivity index (χ1v) is 8.13. The van der Waals surface area contributed by atoms with Gasteiger partial charge >= 0.3 is 0 Å². The summed E-state index contributed by atoms with van der Waals surface area (Å²) in [6, 6.07) is 10.5. The number of aromatic nitrogens is 2. The molecule has 0 saturated carbocycles. The minimum atomic E-state index is 0.529. The molecule has 0 unspecified atom stereocenters. The molecule has 22 heavy (non-hydrogen) atoms. The highest BCUT2D eigenvalue weighted by Crippen LogP contribution is 2.35. The lowest BCUT2D eigenvalue weighted by Gasteiger charge is -2.05. The Morgan fingerprint density at radius 3 is 2.45 bits per heavy atom. The van der Waals surface area contributed by atoms with E-state index in [1.807, 2.05) is 13.0 Å². The molecule has 3 aromatic rings. The zero-order chi connectivity index (χ0) is 15.9. The average molecular weight is 359 g/mol. The predicted octanol–water partition coefficient (Wildman–Crippen LogP) is 5.43. The van der Waals surface area contributed by atoms with Crippen molar-refractivity contribution in [3.8, 4) is 17.1 Å². The predicted molar refractivity (Wildman–Crippen MR) is 94.6 cm³/mol. The Kier molecular flexibility index (Phi) is 3.96. The van der Waals surface area contributed by atoms with Crippen molar-refractivity contribution in [2.24, 2.45) is 0 Å². The fraction of sp³-hybridized carbons (Fsp3) is 0.278. The van der Waals surface area contributed by atoms with Crippen molar-refractivity contribution < 1.29 is 4.74 Å². The quantitative estimate of drug-likeness (QED) is 0.677. The molecule has 0 radical (unpaired) electrons. The second kappa shape index (κ2) is 5.76. The molecule has 2 aromatic carbocycles. The molecule has 1 heterocycles. The number of halogens is 1. The van der Waals surface area contributed by atoms with Gasteiger partial charge in [-0.05, 0) is 46.0 Å². The van der Waals surface area contributed by atoms with Gasteiger partial charge in [-0.15, -0.1) is 0 Å². The van der Waals surface area contributed by atoms with E-state index in [-0.39, 0.29) is 0 Å². The van der Waals surface area contributed by atoms with Crippen LogP contribution in [0, 0.1) is 6.92 Å². The topological polar surface area (TPSA) is 37.9 Å². The zero-order valence-electron chi connectivity index (χ0n) is 13.2. The minimum Gasteiger partial charge on any atom is -0.494 e. The maximum atomic E-state index is 5.47. The summed E-state index contributed by atoms with van der Waals surface area (Å²) in [5.41, 5.74) is 5.34. The molecule has 0 fully saturated rings. The van der Waals surface area contributed by atoms with Gasteiger partial charge in [0.25, 0.3) is 0 Å². The van der Waals surface area contributed by atoms with E-state index in [4.69, 9.17) is 9.72 Å². The van der Waals surface area contributed by atoms with Crippen LogP contribution in [0.25, 0.3) is 22.4 Å². The number of aromatic amines is 1. The van der Waals surface area contributed by atoms with Crippen molar-refractivity contribution >= 4 is 27.0 Å². The number of hydrogen-bond donors (Lipinski definition) is 1. The van der Waals surface area contributed by atoms with Gasteiger partial charge in [0.05, 0.1) is 7.11 Å². The number of H-pyrrole nitrogens is 1. The molecular weight excluding hydrogens is 340 g/mol. The molecule has 114 valence electrons. The van der Waals surface area contributed by atoms with E-state index < -0.39 is 0 Å². The number of fused-ring (bicyclic) bond motifs is 1. The van der Waals surface area contributed by atoms with Crippen molar-refractivity contribution in [2.45, 2.75) is 26.7 Å². The van der Waals surface area contributed by atoms with Crippen LogP contribution in [0.15, 0.2) is 34.8 Å². The number of methoxy groups -OCH3 is 1. The number of ether oxygens (including phenoxy) is 1. The second-order valence-corrected chi connectivity index (χ2v) is 6.59. The van der Waals surface area contributed by atoms with E-state index in [1.54, 1.807) is 7.11 Å². The molecule has 4 heteroatoms. The van der Waals surface area contributed by atoms with Crippen LogP contribution >= 0.6 is 15.9 Å². The molecule has 0 aliphatic rings. The minimum absolute atomic E-state index is 0.529. The highest BCUT2D eigenvalue weighted by Gasteiger charge is 2.14. The van der Waals surface area contributed by atoms with Gasteiger partial charge in [0.2, 0.25) is 0 Å². The lowest BCUT2D eigenvalue weighted by atomic mass is 10.0. The number of nitrogens with zero attached hydrogens (tertiary/aromatic N) is 1. The zero-order valence-corrected chi connectivity index (χ0v) is 14.8. The summed E-state index contributed by atoms with van der Waals surface area (Å²) >= 11 is 3.62. The Hall–Kier alpha value is -1.81. The monoisotopic (exact) mass is 358 g/mol. The van der Waals surface area contributed by atoms with Crippen LogP contribution in [0.4, 0.5) is 0 Å². The number of benzene rings is 2. The lowest BCUT2D eigenvalue weighted by molar-refractivity contribution is 0.418. The smallest absolute Gasteiger partial charge is 0.144 e. The van der Waals surface area contributed by atoms with E-state index in [9.17, 15) is 0 Å². The fourth-order valence-corrected chi connectivity index (χ4v) is 2.95. The third kappa shape index (κ3) is 2.52. The lowest BCUT2D eigenvalue weighted by Crippen LogP contribution is -1.88. The summed E-state index contributed by atoms with van der Waals surface area (Å²) in [4.78, 5) is 8.13. The molecule has 0 amide bonds. The molecule has 0 bridgehead atoms.